The van der Waals surface area contributed by atoms with Gasteiger partial charge in [0, 0.05) is 12.8 Å². The van der Waals surface area contributed by atoms with E-state index in [4.69, 9.17) is 38.5 Å². The highest BCUT2D eigenvalue weighted by Gasteiger charge is 2.22. The van der Waals surface area contributed by atoms with Crippen molar-refractivity contribution in [2.24, 2.45) is 0 Å². The predicted molar refractivity (Wildman–Crippen MR) is 60.9 cm³/mol. The molecule has 0 aliphatic rings. The number of aliphatic hydroxyl groups is 1. The van der Waals surface area contributed by atoms with Gasteiger partial charge in [0.15, 0.2) is 5.69 Å². The summed E-state index contributed by atoms with van der Waals surface area (Å²) < 4.78 is 0. The average Bonchev–Trinajstić information content (AvgIpc) is 2.22. The standard InChI is InChI=1S/C7H3Cl2NO4.C2H6O/c8-2-1-10-5(7(13)14)3(4(2)9)6(11)12;1-2-3/h1H,(H,11,12)(H,13,14);3H,2H2,1H3. The second-order valence-corrected chi connectivity index (χ2v) is 3.36. The fraction of sp³-hybridized carbons (Fsp3) is 0.222. The molecule has 1 heterocycles. The number of carboxylic acids is 2. The molecule has 17 heavy (non-hydrogen) atoms. The summed E-state index contributed by atoms with van der Waals surface area (Å²) in [7, 11) is 0. The zero-order valence-corrected chi connectivity index (χ0v) is 10.2. The van der Waals surface area contributed by atoms with Gasteiger partial charge in [-0.15, -0.1) is 0 Å². The molecule has 0 amide bonds. The summed E-state index contributed by atoms with van der Waals surface area (Å²) in [4.78, 5) is 24.6. The number of hydrogen-bond donors (Lipinski definition) is 3. The normalized spacial score (nSPS) is 9.18. The number of carbonyl (C=O) groups is 2. The molecule has 3 N–H and O–H groups in total. The fourth-order valence-corrected chi connectivity index (χ4v) is 1.19. The number of nitrogens with zero attached hydrogens (tertiary/aromatic N) is 1. The molecule has 0 radical (unpaired) electrons. The largest absolute Gasteiger partial charge is 0.478 e. The monoisotopic (exact) mass is 281 g/mol. The molecule has 1 aromatic rings. The molecule has 0 saturated heterocycles. The number of aromatic nitrogens is 1. The first-order valence-corrected chi connectivity index (χ1v) is 5.03. The van der Waals surface area contributed by atoms with Crippen molar-refractivity contribution < 1.29 is 24.9 Å². The van der Waals surface area contributed by atoms with E-state index in [1.54, 1.807) is 6.92 Å². The zero-order valence-electron chi connectivity index (χ0n) is 8.65. The Hall–Kier alpha value is -1.37. The van der Waals surface area contributed by atoms with Gasteiger partial charge >= 0.3 is 11.9 Å². The van der Waals surface area contributed by atoms with Gasteiger partial charge in [-0.1, -0.05) is 23.2 Å². The summed E-state index contributed by atoms with van der Waals surface area (Å²) in [6.07, 6.45) is 0.986. The van der Waals surface area contributed by atoms with Gasteiger partial charge in [0.05, 0.1) is 10.0 Å². The molecular weight excluding hydrogens is 273 g/mol. The third-order valence-electron chi connectivity index (χ3n) is 1.39. The van der Waals surface area contributed by atoms with Gasteiger partial charge in [-0.25, -0.2) is 14.6 Å². The van der Waals surface area contributed by atoms with Crippen molar-refractivity contribution in [3.8, 4) is 0 Å². The number of aromatic carboxylic acids is 2. The molecule has 0 unspecified atom stereocenters. The van der Waals surface area contributed by atoms with Crippen molar-refractivity contribution >= 4 is 35.1 Å². The summed E-state index contributed by atoms with van der Waals surface area (Å²) in [6, 6.07) is 0. The maximum Gasteiger partial charge on any atom is 0.355 e. The first-order valence-electron chi connectivity index (χ1n) is 4.28. The van der Waals surface area contributed by atoms with Crippen molar-refractivity contribution in [3.63, 3.8) is 0 Å². The average molecular weight is 282 g/mol. The number of hydrogen-bond acceptors (Lipinski definition) is 4. The molecule has 0 saturated carbocycles. The molecule has 6 nitrogen and oxygen atoms in total. The van der Waals surface area contributed by atoms with Crippen molar-refractivity contribution in [2.45, 2.75) is 6.92 Å². The Morgan fingerprint density at radius 2 is 1.76 bits per heavy atom. The Morgan fingerprint density at radius 3 is 2.12 bits per heavy atom. The van der Waals surface area contributed by atoms with E-state index in [-0.39, 0.29) is 16.7 Å². The van der Waals surface area contributed by atoms with Crippen LogP contribution in [0.2, 0.25) is 10.0 Å². The van der Waals surface area contributed by atoms with E-state index in [1.807, 2.05) is 0 Å². The SMILES string of the molecule is CCO.O=C(O)c1ncc(Cl)c(Cl)c1C(=O)O. The molecule has 0 aromatic carbocycles. The molecule has 0 bridgehead atoms. The lowest BCUT2D eigenvalue weighted by Gasteiger charge is -2.03. The van der Waals surface area contributed by atoms with Crippen LogP contribution in [0.5, 0.6) is 0 Å². The van der Waals surface area contributed by atoms with E-state index in [0.29, 0.717) is 0 Å². The number of aliphatic hydroxyl groups excluding tert-OH is 1. The van der Waals surface area contributed by atoms with Crippen LogP contribution in [-0.4, -0.2) is 38.8 Å². The van der Waals surface area contributed by atoms with Crippen LogP contribution < -0.4 is 0 Å². The second-order valence-electron chi connectivity index (χ2n) is 2.57. The molecule has 1 aromatic heterocycles. The highest BCUT2D eigenvalue weighted by atomic mass is 35.5. The van der Waals surface area contributed by atoms with E-state index in [1.165, 1.54) is 0 Å². The van der Waals surface area contributed by atoms with Gasteiger partial charge in [-0.2, -0.15) is 0 Å². The maximum atomic E-state index is 10.7. The molecule has 0 aliphatic carbocycles. The van der Waals surface area contributed by atoms with Crippen LogP contribution >= 0.6 is 23.2 Å². The van der Waals surface area contributed by atoms with E-state index >= 15 is 0 Å². The Kier molecular flexibility index (Phi) is 6.48. The molecule has 1 rings (SSSR count). The molecule has 0 spiro atoms. The molecule has 0 aliphatic heterocycles. The molecule has 0 fully saturated rings. The van der Waals surface area contributed by atoms with Crippen LogP contribution in [-0.2, 0) is 0 Å². The quantitative estimate of drug-likeness (QED) is 0.763. The van der Waals surface area contributed by atoms with Crippen LogP contribution in [0, 0.1) is 0 Å². The van der Waals surface area contributed by atoms with Crippen LogP contribution in [0.15, 0.2) is 6.20 Å². The van der Waals surface area contributed by atoms with Gasteiger partial charge in [0.2, 0.25) is 0 Å². The highest BCUT2D eigenvalue weighted by Crippen LogP contribution is 2.26. The minimum atomic E-state index is -1.48. The van der Waals surface area contributed by atoms with Gasteiger partial charge < -0.3 is 15.3 Å². The van der Waals surface area contributed by atoms with Crippen molar-refractivity contribution in [1.29, 1.82) is 0 Å². The van der Waals surface area contributed by atoms with Crippen LogP contribution in [0.3, 0.4) is 0 Å². The number of pyridine rings is 1. The van der Waals surface area contributed by atoms with Crippen LogP contribution in [0.4, 0.5) is 0 Å². The summed E-state index contributed by atoms with van der Waals surface area (Å²) >= 11 is 11.0. The summed E-state index contributed by atoms with van der Waals surface area (Å²) in [5.74, 6) is -2.96. The Balaban J connectivity index is 0.000000770. The van der Waals surface area contributed by atoms with Gasteiger partial charge in [-0.05, 0) is 6.92 Å². The lowest BCUT2D eigenvalue weighted by molar-refractivity contribution is 0.0646. The number of halogens is 2. The Bertz CT molecular complexity index is 436. The third-order valence-corrected chi connectivity index (χ3v) is 2.17. The first-order chi connectivity index (χ1) is 7.86. The zero-order chi connectivity index (χ0) is 13.6. The van der Waals surface area contributed by atoms with E-state index in [9.17, 15) is 9.59 Å². The van der Waals surface area contributed by atoms with Crippen molar-refractivity contribution in [3.05, 3.63) is 27.5 Å². The van der Waals surface area contributed by atoms with Crippen LogP contribution in [0.1, 0.15) is 27.8 Å². The fourth-order valence-electron chi connectivity index (χ4n) is 0.823. The summed E-state index contributed by atoms with van der Waals surface area (Å²) in [5, 5.41) is 24.4. The molecule has 0 atom stereocenters. The van der Waals surface area contributed by atoms with Gasteiger partial charge in [-0.3, -0.25) is 0 Å². The van der Waals surface area contributed by atoms with Gasteiger partial charge in [0.1, 0.15) is 5.56 Å². The Morgan fingerprint density at radius 1 is 1.29 bits per heavy atom. The van der Waals surface area contributed by atoms with Crippen LogP contribution in [0.25, 0.3) is 0 Å². The summed E-state index contributed by atoms with van der Waals surface area (Å²) in [6.45, 7) is 1.93. The smallest absolute Gasteiger partial charge is 0.355 e. The lowest BCUT2D eigenvalue weighted by Crippen LogP contribution is -2.11. The minimum Gasteiger partial charge on any atom is -0.478 e. The van der Waals surface area contributed by atoms with E-state index < -0.39 is 23.2 Å². The molecule has 94 valence electrons. The van der Waals surface area contributed by atoms with E-state index in [2.05, 4.69) is 4.98 Å². The third kappa shape index (κ3) is 4.18. The lowest BCUT2D eigenvalue weighted by atomic mass is 10.2. The maximum absolute atomic E-state index is 10.7. The highest BCUT2D eigenvalue weighted by molar-refractivity contribution is 6.44. The predicted octanol–water partition coefficient (Wildman–Crippen LogP) is 1.78. The van der Waals surface area contributed by atoms with Crippen molar-refractivity contribution in [1.82, 2.24) is 4.98 Å². The Labute approximate surface area is 106 Å². The summed E-state index contributed by atoms with van der Waals surface area (Å²) in [5.41, 5.74) is -1.24. The number of carboxylic acid groups (broad SMARTS) is 2. The van der Waals surface area contributed by atoms with Gasteiger partial charge in [0.25, 0.3) is 0 Å². The number of rotatable bonds is 2. The first kappa shape index (κ1) is 15.6. The van der Waals surface area contributed by atoms with Crippen molar-refractivity contribution in [2.75, 3.05) is 6.61 Å². The molecular formula is C9H9Cl2NO5. The molecule has 8 heteroatoms. The second kappa shape index (κ2) is 7.05. The van der Waals surface area contributed by atoms with E-state index in [0.717, 1.165) is 6.20 Å². The minimum absolute atomic E-state index is 0.103. The topological polar surface area (TPSA) is 108 Å².